The topological polar surface area (TPSA) is 124 Å². The molecule has 3 aromatic carbocycles. The molecule has 1 aromatic heterocycles. The van der Waals surface area contributed by atoms with E-state index in [0.29, 0.717) is 35.6 Å². The predicted octanol–water partition coefficient (Wildman–Crippen LogP) is 4.86. The largest absolute Gasteiger partial charge is 0.373 e. The number of rotatable bonds is 10. The van der Waals surface area contributed by atoms with Crippen LogP contribution in [0.2, 0.25) is 0 Å². The fourth-order valence-electron chi connectivity index (χ4n) is 3.90. The van der Waals surface area contributed by atoms with Gasteiger partial charge in [-0.15, -0.1) is 0 Å². The highest BCUT2D eigenvalue weighted by Gasteiger charge is 2.23. The Morgan fingerprint density at radius 2 is 0.973 bits per heavy atom. The first kappa shape index (κ1) is 22.9. The molecule has 0 bridgehead atoms. The van der Waals surface area contributed by atoms with E-state index in [9.17, 15) is 0 Å². The van der Waals surface area contributed by atoms with Crippen LogP contribution in [0.5, 0.6) is 0 Å². The van der Waals surface area contributed by atoms with E-state index >= 15 is 0 Å². The molecule has 0 spiro atoms. The number of hydrogen-bond donors (Lipinski definition) is 3. The molecule has 2 unspecified atom stereocenters. The van der Waals surface area contributed by atoms with Gasteiger partial charge in [-0.2, -0.15) is 20.2 Å². The highest BCUT2D eigenvalue weighted by atomic mass is 16.6. The first-order chi connectivity index (χ1) is 18.2. The SMILES string of the molecule is N#Cc1ccc(Nc2nc(Nc3ccc(CC4CO4)cc3)nc(Nc3ccc(CC4CO4)cc3)n2)cc1. The first-order valence-corrected chi connectivity index (χ1v) is 12.2. The number of nitrogens with zero attached hydrogens (tertiary/aromatic N) is 4. The number of aromatic nitrogens is 3. The summed E-state index contributed by atoms with van der Waals surface area (Å²) in [5.74, 6) is 1.17. The van der Waals surface area contributed by atoms with E-state index in [4.69, 9.17) is 14.7 Å². The second-order valence-electron chi connectivity index (χ2n) is 9.08. The Morgan fingerprint density at radius 1 is 0.622 bits per heavy atom. The van der Waals surface area contributed by atoms with Crippen LogP contribution in [-0.2, 0) is 22.3 Å². The van der Waals surface area contributed by atoms with Gasteiger partial charge in [0.1, 0.15) is 0 Å². The van der Waals surface area contributed by atoms with Gasteiger partial charge in [0.2, 0.25) is 17.8 Å². The van der Waals surface area contributed by atoms with Gasteiger partial charge in [-0.3, -0.25) is 0 Å². The van der Waals surface area contributed by atoms with E-state index in [1.165, 1.54) is 11.1 Å². The smallest absolute Gasteiger partial charge is 0.233 e. The first-order valence-electron chi connectivity index (χ1n) is 12.2. The quantitative estimate of drug-likeness (QED) is 0.267. The maximum Gasteiger partial charge on any atom is 0.233 e. The zero-order valence-corrected chi connectivity index (χ0v) is 20.0. The van der Waals surface area contributed by atoms with Crippen molar-refractivity contribution in [3.05, 3.63) is 89.5 Å². The van der Waals surface area contributed by atoms with Crippen molar-refractivity contribution < 1.29 is 9.47 Å². The Labute approximate surface area is 214 Å². The molecule has 2 fully saturated rings. The normalized spacial score (nSPS) is 17.5. The van der Waals surface area contributed by atoms with E-state index in [2.05, 4.69) is 61.2 Å². The maximum absolute atomic E-state index is 9.07. The van der Waals surface area contributed by atoms with Gasteiger partial charge in [-0.05, 0) is 59.7 Å². The van der Waals surface area contributed by atoms with Crippen molar-refractivity contribution in [2.24, 2.45) is 0 Å². The molecule has 184 valence electrons. The van der Waals surface area contributed by atoms with Crippen molar-refractivity contribution in [2.75, 3.05) is 29.2 Å². The molecule has 2 aliphatic heterocycles. The number of hydrogen-bond acceptors (Lipinski definition) is 9. The maximum atomic E-state index is 9.07. The third kappa shape index (κ3) is 6.38. The van der Waals surface area contributed by atoms with E-state index < -0.39 is 0 Å². The minimum atomic E-state index is 0.350. The lowest BCUT2D eigenvalue weighted by atomic mass is 10.1. The summed E-state index contributed by atoms with van der Waals surface area (Å²) in [7, 11) is 0. The molecule has 0 aliphatic carbocycles. The molecular formula is C28H25N7O2. The Kier molecular flexibility index (Phi) is 6.33. The molecule has 6 rings (SSSR count). The third-order valence-corrected chi connectivity index (χ3v) is 6.06. The molecule has 2 saturated heterocycles. The standard InChI is InChI=1S/C28H25N7O2/c29-15-20-5-11-23(12-6-20)32-28-34-26(30-21-7-1-18(2-8-21)13-24-16-36-24)33-27(35-28)31-22-9-3-19(4-10-22)14-25-17-37-25/h1-12,24-25H,13-14,16-17H2,(H3,30,31,32,33,34,35). The Morgan fingerprint density at radius 3 is 1.30 bits per heavy atom. The average molecular weight is 492 g/mol. The molecule has 0 radical (unpaired) electrons. The second kappa shape index (κ2) is 10.2. The number of ether oxygens (including phenoxy) is 2. The second-order valence-corrected chi connectivity index (χ2v) is 9.08. The van der Waals surface area contributed by atoms with Gasteiger partial charge < -0.3 is 25.4 Å². The highest BCUT2D eigenvalue weighted by Crippen LogP contribution is 2.24. The fraction of sp³-hybridized carbons (Fsp3) is 0.214. The number of benzene rings is 3. The summed E-state index contributed by atoms with van der Waals surface area (Å²) in [5, 5.41) is 18.8. The lowest BCUT2D eigenvalue weighted by Gasteiger charge is -2.12. The zero-order chi connectivity index (χ0) is 25.0. The number of nitriles is 1. The number of epoxide rings is 2. The van der Waals surface area contributed by atoms with Gasteiger partial charge >= 0.3 is 0 Å². The average Bonchev–Trinajstić information content (AvgIpc) is 3.85. The molecule has 3 heterocycles. The molecule has 3 N–H and O–H groups in total. The van der Waals surface area contributed by atoms with Crippen LogP contribution in [0, 0.1) is 11.3 Å². The van der Waals surface area contributed by atoms with Crippen molar-refractivity contribution in [1.82, 2.24) is 15.0 Å². The molecule has 4 aromatic rings. The van der Waals surface area contributed by atoms with Crippen molar-refractivity contribution in [1.29, 1.82) is 5.26 Å². The van der Waals surface area contributed by atoms with Crippen LogP contribution in [0.1, 0.15) is 16.7 Å². The van der Waals surface area contributed by atoms with E-state index in [1.54, 1.807) is 12.1 Å². The predicted molar refractivity (Wildman–Crippen MR) is 141 cm³/mol. The molecule has 2 atom stereocenters. The number of nitrogens with one attached hydrogen (secondary N) is 3. The van der Waals surface area contributed by atoms with Gasteiger partial charge in [-0.25, -0.2) is 0 Å². The zero-order valence-electron chi connectivity index (χ0n) is 20.0. The molecular weight excluding hydrogens is 466 g/mol. The van der Waals surface area contributed by atoms with Crippen LogP contribution in [0.3, 0.4) is 0 Å². The Bertz CT molecular complexity index is 1330. The summed E-state index contributed by atoms with van der Waals surface area (Å²) in [6, 6.07) is 25.6. The highest BCUT2D eigenvalue weighted by molar-refractivity contribution is 5.62. The van der Waals surface area contributed by atoms with Crippen molar-refractivity contribution in [3.63, 3.8) is 0 Å². The van der Waals surface area contributed by atoms with E-state index in [0.717, 1.165) is 43.1 Å². The minimum absolute atomic E-state index is 0.350. The summed E-state index contributed by atoms with van der Waals surface area (Å²) >= 11 is 0. The van der Waals surface area contributed by atoms with Crippen LogP contribution >= 0.6 is 0 Å². The molecule has 0 amide bonds. The van der Waals surface area contributed by atoms with Crippen LogP contribution in [0.25, 0.3) is 0 Å². The monoisotopic (exact) mass is 491 g/mol. The molecule has 37 heavy (non-hydrogen) atoms. The Balaban J connectivity index is 1.22. The van der Waals surface area contributed by atoms with E-state index in [1.807, 2.05) is 36.4 Å². The fourth-order valence-corrected chi connectivity index (χ4v) is 3.90. The molecule has 0 saturated carbocycles. The van der Waals surface area contributed by atoms with Crippen LogP contribution in [-0.4, -0.2) is 40.4 Å². The van der Waals surface area contributed by atoms with Gasteiger partial charge in [0.25, 0.3) is 0 Å². The van der Waals surface area contributed by atoms with Crippen LogP contribution in [0.15, 0.2) is 72.8 Å². The summed E-state index contributed by atoms with van der Waals surface area (Å²) in [5.41, 5.74) is 5.54. The Hall–Kier alpha value is -4.52. The van der Waals surface area contributed by atoms with Crippen LogP contribution in [0.4, 0.5) is 34.9 Å². The third-order valence-electron chi connectivity index (χ3n) is 6.06. The van der Waals surface area contributed by atoms with Gasteiger partial charge in [0.15, 0.2) is 0 Å². The van der Waals surface area contributed by atoms with E-state index in [-0.39, 0.29) is 0 Å². The van der Waals surface area contributed by atoms with Crippen molar-refractivity contribution in [3.8, 4) is 6.07 Å². The lowest BCUT2D eigenvalue weighted by molar-refractivity contribution is 0.407. The summed E-state index contributed by atoms with van der Waals surface area (Å²) in [4.78, 5) is 13.7. The lowest BCUT2D eigenvalue weighted by Crippen LogP contribution is -2.07. The molecule has 2 aliphatic rings. The van der Waals surface area contributed by atoms with Crippen LogP contribution < -0.4 is 16.0 Å². The summed E-state index contributed by atoms with van der Waals surface area (Å²) < 4.78 is 10.6. The minimum Gasteiger partial charge on any atom is -0.373 e. The van der Waals surface area contributed by atoms with Gasteiger partial charge in [0, 0.05) is 29.9 Å². The number of anilines is 6. The van der Waals surface area contributed by atoms with Gasteiger partial charge in [-0.1, -0.05) is 24.3 Å². The van der Waals surface area contributed by atoms with Crippen molar-refractivity contribution >= 4 is 34.9 Å². The van der Waals surface area contributed by atoms with Crippen molar-refractivity contribution in [2.45, 2.75) is 25.0 Å². The molecule has 9 nitrogen and oxygen atoms in total. The summed E-state index contributed by atoms with van der Waals surface area (Å²) in [6.07, 6.45) is 2.54. The van der Waals surface area contributed by atoms with Gasteiger partial charge in [0.05, 0.1) is 37.1 Å². The molecule has 9 heteroatoms. The summed E-state index contributed by atoms with van der Waals surface area (Å²) in [6.45, 7) is 1.68.